The first kappa shape index (κ1) is 25.3. The fourth-order valence-electron chi connectivity index (χ4n) is 4.38. The van der Waals surface area contributed by atoms with E-state index in [2.05, 4.69) is 20.5 Å². The number of carbonyl (C=O) groups excluding carboxylic acids is 2. The van der Waals surface area contributed by atoms with Crippen LogP contribution in [0.3, 0.4) is 0 Å². The zero-order chi connectivity index (χ0) is 26.8. The van der Waals surface area contributed by atoms with Gasteiger partial charge in [-0.2, -0.15) is 5.10 Å². The number of hydrogen-bond acceptors (Lipinski definition) is 8. The Labute approximate surface area is 222 Å². The average Bonchev–Trinajstić information content (AvgIpc) is 3.57. The van der Waals surface area contributed by atoms with Crippen molar-refractivity contribution in [3.8, 4) is 5.75 Å². The average molecular weight is 535 g/mol. The lowest BCUT2D eigenvalue weighted by molar-refractivity contribution is -0.384. The lowest BCUT2D eigenvalue weighted by atomic mass is 9.97. The second kappa shape index (κ2) is 10.6. The van der Waals surface area contributed by atoms with Crippen LogP contribution in [0.2, 0.25) is 0 Å². The van der Waals surface area contributed by atoms with E-state index in [1.165, 1.54) is 29.0 Å². The van der Waals surface area contributed by atoms with Crippen molar-refractivity contribution in [2.45, 2.75) is 32.6 Å². The molecule has 2 amide bonds. The summed E-state index contributed by atoms with van der Waals surface area (Å²) in [7, 11) is 0. The molecular formula is C26H26N6O5S. The molecular weight excluding hydrogens is 508 g/mol. The molecule has 3 heterocycles. The van der Waals surface area contributed by atoms with Crippen molar-refractivity contribution < 1.29 is 19.2 Å². The highest BCUT2D eigenvalue weighted by molar-refractivity contribution is 7.10. The Morgan fingerprint density at radius 1 is 1.18 bits per heavy atom. The number of carbonyl (C=O) groups is 2. The lowest BCUT2D eigenvalue weighted by Gasteiger charge is -2.31. The number of fused-ring (bicyclic) bond motifs is 1. The van der Waals surface area contributed by atoms with E-state index >= 15 is 0 Å². The third kappa shape index (κ3) is 5.35. The number of thiazole rings is 1. The quantitative estimate of drug-likeness (QED) is 0.261. The summed E-state index contributed by atoms with van der Waals surface area (Å²) in [6.07, 6.45) is 1.50. The number of nitrogens with zero attached hydrogens (tertiary/aromatic N) is 4. The first-order chi connectivity index (χ1) is 18.3. The monoisotopic (exact) mass is 534 g/mol. The summed E-state index contributed by atoms with van der Waals surface area (Å²) < 4.78 is 5.70. The molecule has 0 unspecified atom stereocenters. The molecule has 1 fully saturated rings. The second-order valence-corrected chi connectivity index (χ2v) is 10.2. The third-order valence-electron chi connectivity index (χ3n) is 6.78. The smallest absolute Gasteiger partial charge is 0.276 e. The molecule has 0 bridgehead atoms. The number of non-ortho nitro benzene ring substituents is 1. The molecule has 2 N–H and O–H groups in total. The molecule has 11 nitrogen and oxygen atoms in total. The Morgan fingerprint density at radius 2 is 1.97 bits per heavy atom. The van der Waals surface area contributed by atoms with E-state index in [9.17, 15) is 19.7 Å². The minimum Gasteiger partial charge on any atom is -0.484 e. The number of ether oxygens (including phenoxy) is 1. The molecule has 1 aliphatic heterocycles. The van der Waals surface area contributed by atoms with E-state index in [0.717, 1.165) is 23.4 Å². The van der Waals surface area contributed by atoms with E-state index in [-0.39, 0.29) is 35.6 Å². The number of aryl methyl sites for hydroxylation is 2. The van der Waals surface area contributed by atoms with Crippen LogP contribution in [-0.2, 0) is 4.79 Å². The van der Waals surface area contributed by atoms with Crippen LogP contribution in [0, 0.1) is 24.0 Å². The number of nitro groups is 1. The Morgan fingerprint density at radius 3 is 2.71 bits per heavy atom. The zero-order valence-electron chi connectivity index (χ0n) is 20.9. The zero-order valence-corrected chi connectivity index (χ0v) is 21.7. The lowest BCUT2D eigenvalue weighted by Crippen LogP contribution is -2.40. The van der Waals surface area contributed by atoms with Crippen LogP contribution >= 0.6 is 11.3 Å². The van der Waals surface area contributed by atoms with Crippen molar-refractivity contribution in [2.75, 3.05) is 25.0 Å². The molecule has 1 saturated heterocycles. The number of aromatic nitrogens is 3. The number of aromatic amines is 1. The Bertz CT molecular complexity index is 1520. The molecule has 2 aromatic carbocycles. The Hall–Kier alpha value is -4.32. The maximum atomic E-state index is 12.8. The predicted octanol–water partition coefficient (Wildman–Crippen LogP) is 4.58. The number of amides is 2. The molecule has 2 aromatic heterocycles. The highest BCUT2D eigenvalue weighted by atomic mass is 32.1. The molecule has 0 aliphatic carbocycles. The number of rotatable bonds is 7. The standard InChI is InChI=1S/C26H26N6O5S/c1-15-3-5-19(11-16(15)2)37-13-23(33)31-9-7-17(8-10-31)26-27-22(14-38-26)25(34)28-24-20-12-18(32(35)36)4-6-21(20)29-30-24/h3-6,11-12,14,17H,7-10,13H2,1-2H3,(H2,28,29,30,34). The van der Waals surface area contributed by atoms with Gasteiger partial charge < -0.3 is 15.0 Å². The number of likely N-dealkylation sites (tertiary alicyclic amines) is 1. The van der Waals surface area contributed by atoms with Crippen LogP contribution in [0.25, 0.3) is 10.9 Å². The van der Waals surface area contributed by atoms with Crippen molar-refractivity contribution in [3.63, 3.8) is 0 Å². The fourth-order valence-corrected chi connectivity index (χ4v) is 5.35. The van der Waals surface area contributed by atoms with Gasteiger partial charge >= 0.3 is 0 Å². The Kier molecular flexibility index (Phi) is 7.05. The maximum Gasteiger partial charge on any atom is 0.276 e. The molecule has 0 saturated carbocycles. The highest BCUT2D eigenvalue weighted by Crippen LogP contribution is 2.31. The number of benzene rings is 2. The number of anilines is 1. The number of nitrogens with one attached hydrogen (secondary N) is 2. The minimum atomic E-state index is -0.498. The van der Waals surface area contributed by atoms with E-state index < -0.39 is 10.8 Å². The van der Waals surface area contributed by atoms with Crippen LogP contribution < -0.4 is 10.1 Å². The van der Waals surface area contributed by atoms with E-state index in [0.29, 0.717) is 29.7 Å². The van der Waals surface area contributed by atoms with Crippen LogP contribution in [-0.4, -0.2) is 56.5 Å². The van der Waals surface area contributed by atoms with Crippen LogP contribution in [0.5, 0.6) is 5.75 Å². The summed E-state index contributed by atoms with van der Waals surface area (Å²) in [5.74, 6) is 0.556. The summed E-state index contributed by atoms with van der Waals surface area (Å²) in [4.78, 5) is 42.4. The second-order valence-electron chi connectivity index (χ2n) is 9.27. The number of nitro benzene ring substituents is 1. The molecule has 12 heteroatoms. The van der Waals surface area contributed by atoms with E-state index in [1.807, 2.05) is 32.0 Å². The van der Waals surface area contributed by atoms with E-state index in [1.54, 1.807) is 16.3 Å². The molecule has 38 heavy (non-hydrogen) atoms. The molecule has 5 rings (SSSR count). The SMILES string of the molecule is Cc1ccc(OCC(=O)N2CCC(c3nc(C(=O)Nc4n[nH]c5ccc([N+](=O)[O-])cc45)cs3)CC2)cc1C. The van der Waals surface area contributed by atoms with Gasteiger partial charge in [0.15, 0.2) is 12.4 Å². The van der Waals surface area contributed by atoms with Crippen molar-refractivity contribution in [1.82, 2.24) is 20.1 Å². The van der Waals surface area contributed by atoms with Crippen LogP contribution in [0.4, 0.5) is 11.5 Å². The van der Waals surface area contributed by atoms with Gasteiger partial charge in [0.25, 0.3) is 17.5 Å². The Balaban J connectivity index is 1.15. The molecule has 4 aromatic rings. The first-order valence-corrected chi connectivity index (χ1v) is 13.0. The van der Waals surface area contributed by atoms with Crippen LogP contribution in [0.1, 0.15) is 45.4 Å². The molecule has 1 aliphatic rings. The third-order valence-corrected chi connectivity index (χ3v) is 7.79. The number of piperidine rings is 1. The summed E-state index contributed by atoms with van der Waals surface area (Å²) in [5, 5.41) is 23.6. The number of H-pyrrole nitrogens is 1. The fraction of sp³-hybridized carbons (Fsp3) is 0.308. The molecule has 0 atom stereocenters. The van der Waals surface area contributed by atoms with Gasteiger partial charge in [0.1, 0.15) is 11.4 Å². The molecule has 196 valence electrons. The van der Waals surface area contributed by atoms with Gasteiger partial charge in [-0.25, -0.2) is 4.98 Å². The normalized spacial score (nSPS) is 14.0. The van der Waals surface area contributed by atoms with Crippen molar-refractivity contribution in [1.29, 1.82) is 0 Å². The summed E-state index contributed by atoms with van der Waals surface area (Å²) in [6, 6.07) is 10.1. The van der Waals surface area contributed by atoms with E-state index in [4.69, 9.17) is 4.74 Å². The van der Waals surface area contributed by atoms with Gasteiger partial charge in [-0.05, 0) is 56.0 Å². The van der Waals surface area contributed by atoms with Gasteiger partial charge in [-0.15, -0.1) is 11.3 Å². The number of hydrogen-bond donors (Lipinski definition) is 2. The van der Waals surface area contributed by atoms with Gasteiger partial charge in [-0.1, -0.05) is 6.07 Å². The molecule has 0 spiro atoms. The van der Waals surface area contributed by atoms with Crippen molar-refractivity contribution >= 4 is 45.6 Å². The summed E-state index contributed by atoms with van der Waals surface area (Å²) >= 11 is 1.41. The maximum absolute atomic E-state index is 12.8. The molecule has 0 radical (unpaired) electrons. The van der Waals surface area contributed by atoms with Gasteiger partial charge in [0.2, 0.25) is 0 Å². The van der Waals surface area contributed by atoms with Crippen molar-refractivity contribution in [3.05, 3.63) is 73.7 Å². The van der Waals surface area contributed by atoms with Gasteiger partial charge in [-0.3, -0.25) is 24.8 Å². The van der Waals surface area contributed by atoms with Crippen molar-refractivity contribution in [2.24, 2.45) is 0 Å². The van der Waals surface area contributed by atoms with Crippen LogP contribution in [0.15, 0.2) is 41.8 Å². The minimum absolute atomic E-state index is 0.000229. The van der Waals surface area contributed by atoms with Gasteiger partial charge in [0.05, 0.1) is 20.8 Å². The first-order valence-electron chi connectivity index (χ1n) is 12.2. The predicted molar refractivity (Wildman–Crippen MR) is 143 cm³/mol. The summed E-state index contributed by atoms with van der Waals surface area (Å²) in [5.41, 5.74) is 3.04. The topological polar surface area (TPSA) is 143 Å². The largest absolute Gasteiger partial charge is 0.484 e. The summed E-state index contributed by atoms with van der Waals surface area (Å²) in [6.45, 7) is 5.23. The van der Waals surface area contributed by atoms with Gasteiger partial charge in [0, 0.05) is 36.5 Å². The highest BCUT2D eigenvalue weighted by Gasteiger charge is 2.27.